The van der Waals surface area contributed by atoms with Gasteiger partial charge < -0.3 is 0 Å². The SMILES string of the molecule is CCCCCCC(CCCCC)C(C#N)(c1ccccc1)C1CCCC1. The second-order valence-electron chi connectivity index (χ2n) is 8.37. The molecule has 0 spiro atoms. The van der Waals surface area contributed by atoms with Gasteiger partial charge >= 0.3 is 0 Å². The van der Waals surface area contributed by atoms with Crippen LogP contribution in [0.3, 0.4) is 0 Å². The highest BCUT2D eigenvalue weighted by molar-refractivity contribution is 5.35. The molecule has 0 saturated heterocycles. The molecule has 0 N–H and O–H groups in total. The molecule has 0 aromatic heterocycles. The van der Waals surface area contributed by atoms with Crippen LogP contribution in [-0.4, -0.2) is 0 Å². The van der Waals surface area contributed by atoms with E-state index in [0.717, 1.165) is 0 Å². The molecule has 26 heavy (non-hydrogen) atoms. The Morgan fingerprint density at radius 2 is 1.50 bits per heavy atom. The Balaban J connectivity index is 2.30. The molecule has 0 bridgehead atoms. The highest BCUT2D eigenvalue weighted by atomic mass is 14.5. The summed E-state index contributed by atoms with van der Waals surface area (Å²) in [5, 5.41) is 10.6. The number of nitrogens with zero attached hydrogens (tertiary/aromatic N) is 1. The molecule has 1 nitrogen and oxygen atoms in total. The molecule has 0 radical (unpaired) electrons. The topological polar surface area (TPSA) is 23.8 Å². The fourth-order valence-electron chi connectivity index (χ4n) is 5.20. The van der Waals surface area contributed by atoms with Crippen LogP contribution in [0.1, 0.15) is 103 Å². The predicted molar refractivity (Wildman–Crippen MR) is 112 cm³/mol. The molecule has 0 amide bonds. The van der Waals surface area contributed by atoms with Crippen LogP contribution in [0.2, 0.25) is 0 Å². The average Bonchev–Trinajstić information content (AvgIpc) is 3.22. The normalized spacial score (nSPS) is 18.3. The zero-order valence-electron chi connectivity index (χ0n) is 17.2. The van der Waals surface area contributed by atoms with Crippen molar-refractivity contribution in [2.75, 3.05) is 0 Å². The van der Waals surface area contributed by atoms with Crippen molar-refractivity contribution in [2.45, 2.75) is 103 Å². The molecule has 1 heteroatoms. The summed E-state index contributed by atoms with van der Waals surface area (Å²) in [7, 11) is 0. The molecule has 1 aliphatic carbocycles. The third kappa shape index (κ3) is 5.12. The first-order valence-corrected chi connectivity index (χ1v) is 11.3. The lowest BCUT2D eigenvalue weighted by Gasteiger charge is -2.41. The molecular weight excluding hydrogens is 314 g/mol. The molecule has 2 rings (SSSR count). The molecule has 0 aliphatic heterocycles. The van der Waals surface area contributed by atoms with Gasteiger partial charge in [0, 0.05) is 0 Å². The molecule has 1 fully saturated rings. The van der Waals surface area contributed by atoms with Crippen molar-refractivity contribution in [3.05, 3.63) is 35.9 Å². The zero-order chi connectivity index (χ0) is 18.7. The van der Waals surface area contributed by atoms with Gasteiger partial charge in [0.25, 0.3) is 0 Å². The van der Waals surface area contributed by atoms with Crippen molar-refractivity contribution in [3.8, 4) is 6.07 Å². The molecule has 1 saturated carbocycles. The van der Waals surface area contributed by atoms with E-state index in [1.54, 1.807) is 0 Å². The third-order valence-corrected chi connectivity index (χ3v) is 6.64. The fourth-order valence-corrected chi connectivity index (χ4v) is 5.20. The fraction of sp³-hybridized carbons (Fsp3) is 0.720. The van der Waals surface area contributed by atoms with Crippen molar-refractivity contribution < 1.29 is 0 Å². The third-order valence-electron chi connectivity index (χ3n) is 6.64. The van der Waals surface area contributed by atoms with Gasteiger partial charge in [0.05, 0.1) is 11.5 Å². The van der Waals surface area contributed by atoms with E-state index in [4.69, 9.17) is 0 Å². The van der Waals surface area contributed by atoms with Gasteiger partial charge in [0.15, 0.2) is 0 Å². The monoisotopic (exact) mass is 353 g/mol. The molecule has 0 heterocycles. The van der Waals surface area contributed by atoms with Gasteiger partial charge in [-0.05, 0) is 43.1 Å². The Bertz CT molecular complexity index is 523. The molecule has 1 aromatic rings. The largest absolute Gasteiger partial charge is 0.197 e. The standard InChI is InChI=1S/C25H39N/c1-3-5-7-10-16-22(15-9-6-4-2)25(21-26,24-19-13-14-20-24)23-17-11-8-12-18-23/h8,11-12,17-18,22,24H,3-7,9-10,13-16,19-20H2,1-2H3. The van der Waals surface area contributed by atoms with E-state index in [-0.39, 0.29) is 5.41 Å². The van der Waals surface area contributed by atoms with Crippen molar-refractivity contribution in [1.29, 1.82) is 5.26 Å². The number of rotatable bonds is 12. The zero-order valence-corrected chi connectivity index (χ0v) is 17.2. The van der Waals surface area contributed by atoms with Gasteiger partial charge in [-0.2, -0.15) is 5.26 Å². The van der Waals surface area contributed by atoms with E-state index in [2.05, 4.69) is 50.2 Å². The van der Waals surface area contributed by atoms with Crippen molar-refractivity contribution >= 4 is 0 Å². The second kappa shape index (κ2) is 11.4. The van der Waals surface area contributed by atoms with Gasteiger partial charge in [0.2, 0.25) is 0 Å². The summed E-state index contributed by atoms with van der Waals surface area (Å²) in [6.45, 7) is 4.56. The molecule has 1 aromatic carbocycles. The smallest absolute Gasteiger partial charge is 0.0878 e. The van der Waals surface area contributed by atoms with Crippen molar-refractivity contribution in [1.82, 2.24) is 0 Å². The van der Waals surface area contributed by atoms with Crippen LogP contribution in [0.5, 0.6) is 0 Å². The minimum Gasteiger partial charge on any atom is -0.197 e. The van der Waals surface area contributed by atoms with E-state index in [9.17, 15) is 5.26 Å². The summed E-state index contributed by atoms with van der Waals surface area (Å²) in [4.78, 5) is 0. The average molecular weight is 354 g/mol. The Labute approximate surface area is 162 Å². The van der Waals surface area contributed by atoms with Crippen LogP contribution in [0.4, 0.5) is 0 Å². The number of unbranched alkanes of at least 4 members (excludes halogenated alkanes) is 5. The Morgan fingerprint density at radius 3 is 2.08 bits per heavy atom. The van der Waals surface area contributed by atoms with Crippen molar-refractivity contribution in [3.63, 3.8) is 0 Å². The lowest BCUT2D eigenvalue weighted by Crippen LogP contribution is -2.40. The maximum absolute atomic E-state index is 10.6. The van der Waals surface area contributed by atoms with Gasteiger partial charge in [-0.25, -0.2) is 0 Å². The lowest BCUT2D eigenvalue weighted by atomic mass is 9.60. The summed E-state index contributed by atoms with van der Waals surface area (Å²) >= 11 is 0. The molecule has 1 aliphatic rings. The van der Waals surface area contributed by atoms with E-state index in [1.807, 2.05) is 0 Å². The quantitative estimate of drug-likeness (QED) is 0.351. The van der Waals surface area contributed by atoms with Crippen LogP contribution in [-0.2, 0) is 5.41 Å². The number of hydrogen-bond acceptors (Lipinski definition) is 1. The van der Waals surface area contributed by atoms with Gasteiger partial charge in [-0.3, -0.25) is 0 Å². The maximum Gasteiger partial charge on any atom is 0.0878 e. The Kier molecular flexibility index (Phi) is 9.24. The summed E-state index contributed by atoms with van der Waals surface area (Å²) in [5.74, 6) is 1.06. The van der Waals surface area contributed by atoms with Crippen LogP contribution in [0, 0.1) is 23.2 Å². The van der Waals surface area contributed by atoms with E-state index in [0.29, 0.717) is 11.8 Å². The maximum atomic E-state index is 10.6. The van der Waals surface area contributed by atoms with Crippen LogP contribution < -0.4 is 0 Å². The van der Waals surface area contributed by atoms with Gasteiger partial charge in [-0.1, -0.05) is 102 Å². The molecular formula is C25H39N. The Morgan fingerprint density at radius 1 is 0.923 bits per heavy atom. The molecule has 2 atom stereocenters. The first kappa shape index (κ1) is 21.0. The van der Waals surface area contributed by atoms with E-state index < -0.39 is 0 Å². The molecule has 144 valence electrons. The number of benzene rings is 1. The van der Waals surface area contributed by atoms with E-state index >= 15 is 0 Å². The van der Waals surface area contributed by atoms with Gasteiger partial charge in [0.1, 0.15) is 0 Å². The summed E-state index contributed by atoms with van der Waals surface area (Å²) in [6.07, 6.45) is 16.6. The predicted octanol–water partition coefficient (Wildman–Crippen LogP) is 7.81. The van der Waals surface area contributed by atoms with E-state index in [1.165, 1.54) is 89.0 Å². The minimum atomic E-state index is -0.266. The summed E-state index contributed by atoms with van der Waals surface area (Å²) in [5.41, 5.74) is 1.03. The first-order valence-electron chi connectivity index (χ1n) is 11.3. The minimum absolute atomic E-state index is 0.266. The highest BCUT2D eigenvalue weighted by Gasteiger charge is 2.47. The van der Waals surface area contributed by atoms with Crippen LogP contribution in [0.15, 0.2) is 30.3 Å². The lowest BCUT2D eigenvalue weighted by molar-refractivity contribution is 0.200. The summed E-state index contributed by atoms with van der Waals surface area (Å²) < 4.78 is 0. The second-order valence-corrected chi connectivity index (χ2v) is 8.37. The Hall–Kier alpha value is -1.29. The number of nitriles is 1. The number of hydrogen-bond donors (Lipinski definition) is 0. The van der Waals surface area contributed by atoms with Crippen molar-refractivity contribution in [2.24, 2.45) is 11.8 Å². The summed E-state index contributed by atoms with van der Waals surface area (Å²) in [6, 6.07) is 13.8. The first-order chi connectivity index (χ1) is 12.8. The van der Waals surface area contributed by atoms with Crippen LogP contribution in [0.25, 0.3) is 0 Å². The van der Waals surface area contributed by atoms with Crippen LogP contribution >= 0.6 is 0 Å². The highest BCUT2D eigenvalue weighted by Crippen LogP contribution is 2.50. The van der Waals surface area contributed by atoms with Gasteiger partial charge in [-0.15, -0.1) is 0 Å². The molecule has 2 unspecified atom stereocenters.